The van der Waals surface area contributed by atoms with Crippen molar-refractivity contribution >= 4 is 34.2 Å². The Morgan fingerprint density at radius 3 is 2.48 bits per heavy atom. The Bertz CT molecular complexity index is 723. The van der Waals surface area contributed by atoms with E-state index >= 15 is 0 Å². The SMILES string of the molecule is COC(=O)c1cc(-c2ccccc2)sc1NC(=O)CCC(=O)O. The smallest absolute Gasteiger partial charge is 0.340 e. The third kappa shape index (κ3) is 4.40. The third-order valence-electron chi connectivity index (χ3n) is 3.01. The van der Waals surface area contributed by atoms with E-state index in [0.717, 1.165) is 10.4 Å². The minimum absolute atomic E-state index is 0.158. The number of esters is 1. The number of hydrogen-bond donors (Lipinski definition) is 2. The molecule has 1 aromatic heterocycles. The second-order valence-corrected chi connectivity index (χ2v) is 5.71. The number of carbonyl (C=O) groups excluding carboxylic acids is 2. The van der Waals surface area contributed by atoms with Gasteiger partial charge in [-0.25, -0.2) is 4.79 Å². The molecule has 0 fully saturated rings. The summed E-state index contributed by atoms with van der Waals surface area (Å²) in [5.74, 6) is -2.07. The van der Waals surface area contributed by atoms with Gasteiger partial charge in [-0.2, -0.15) is 0 Å². The zero-order valence-electron chi connectivity index (χ0n) is 12.4. The van der Waals surface area contributed by atoms with Crippen LogP contribution in [0.3, 0.4) is 0 Å². The van der Waals surface area contributed by atoms with Crippen LogP contribution < -0.4 is 5.32 Å². The molecule has 1 heterocycles. The number of benzene rings is 1. The van der Waals surface area contributed by atoms with Gasteiger partial charge in [-0.3, -0.25) is 9.59 Å². The number of carboxylic acids is 1. The molecule has 0 unspecified atom stereocenters. The Kier molecular flexibility index (Phi) is 5.48. The first-order chi connectivity index (χ1) is 11.0. The summed E-state index contributed by atoms with van der Waals surface area (Å²) in [6.45, 7) is 0. The van der Waals surface area contributed by atoms with E-state index in [1.807, 2.05) is 30.3 Å². The van der Waals surface area contributed by atoms with E-state index in [1.54, 1.807) is 6.07 Å². The second kappa shape index (κ2) is 7.55. The largest absolute Gasteiger partial charge is 0.481 e. The zero-order chi connectivity index (χ0) is 16.8. The molecule has 0 aliphatic rings. The van der Waals surface area contributed by atoms with Crippen molar-refractivity contribution in [2.75, 3.05) is 12.4 Å². The summed E-state index contributed by atoms with van der Waals surface area (Å²) in [7, 11) is 1.26. The molecule has 2 aromatic rings. The highest BCUT2D eigenvalue weighted by molar-refractivity contribution is 7.20. The maximum Gasteiger partial charge on any atom is 0.340 e. The van der Waals surface area contributed by atoms with Crippen molar-refractivity contribution < 1.29 is 24.2 Å². The Morgan fingerprint density at radius 1 is 1.17 bits per heavy atom. The van der Waals surface area contributed by atoms with Crippen LogP contribution in [0.25, 0.3) is 10.4 Å². The van der Waals surface area contributed by atoms with Gasteiger partial charge in [0.25, 0.3) is 0 Å². The van der Waals surface area contributed by atoms with Gasteiger partial charge in [-0.15, -0.1) is 11.3 Å². The maximum atomic E-state index is 11.9. The van der Waals surface area contributed by atoms with Gasteiger partial charge in [0.05, 0.1) is 19.1 Å². The highest BCUT2D eigenvalue weighted by Gasteiger charge is 2.19. The summed E-state index contributed by atoms with van der Waals surface area (Å²) < 4.78 is 4.73. The lowest BCUT2D eigenvalue weighted by atomic mass is 10.1. The first kappa shape index (κ1) is 16.7. The molecule has 23 heavy (non-hydrogen) atoms. The molecule has 0 saturated heterocycles. The van der Waals surface area contributed by atoms with Gasteiger partial charge in [0.1, 0.15) is 5.00 Å². The Morgan fingerprint density at radius 2 is 1.87 bits per heavy atom. The number of rotatable bonds is 6. The summed E-state index contributed by atoms with van der Waals surface area (Å²) in [5.41, 5.74) is 1.16. The fourth-order valence-electron chi connectivity index (χ4n) is 1.90. The van der Waals surface area contributed by atoms with Crippen LogP contribution in [0.2, 0.25) is 0 Å². The molecule has 1 aromatic carbocycles. The van der Waals surface area contributed by atoms with E-state index in [1.165, 1.54) is 18.4 Å². The average molecular weight is 333 g/mol. The van der Waals surface area contributed by atoms with Gasteiger partial charge in [0.2, 0.25) is 5.91 Å². The molecule has 0 aliphatic carbocycles. The van der Waals surface area contributed by atoms with E-state index < -0.39 is 17.8 Å². The number of amides is 1. The second-order valence-electron chi connectivity index (χ2n) is 4.65. The van der Waals surface area contributed by atoms with E-state index in [0.29, 0.717) is 5.00 Å². The normalized spacial score (nSPS) is 10.1. The standard InChI is InChI=1S/C16H15NO5S/c1-22-16(21)11-9-12(10-5-3-2-4-6-10)23-15(11)17-13(18)7-8-14(19)20/h2-6,9H,7-8H2,1H3,(H,17,18)(H,19,20). The Labute approximate surface area is 136 Å². The van der Waals surface area contributed by atoms with E-state index in [2.05, 4.69) is 5.32 Å². The monoisotopic (exact) mass is 333 g/mol. The van der Waals surface area contributed by atoms with E-state index in [4.69, 9.17) is 9.84 Å². The van der Waals surface area contributed by atoms with Gasteiger partial charge in [0.15, 0.2) is 0 Å². The van der Waals surface area contributed by atoms with Crippen molar-refractivity contribution in [1.29, 1.82) is 0 Å². The van der Waals surface area contributed by atoms with Crippen LogP contribution in [0.5, 0.6) is 0 Å². The lowest BCUT2D eigenvalue weighted by molar-refractivity contribution is -0.138. The van der Waals surface area contributed by atoms with Crippen LogP contribution >= 0.6 is 11.3 Å². The number of ether oxygens (including phenoxy) is 1. The van der Waals surface area contributed by atoms with E-state index in [9.17, 15) is 14.4 Å². The van der Waals surface area contributed by atoms with Crippen molar-refractivity contribution in [3.8, 4) is 10.4 Å². The zero-order valence-corrected chi connectivity index (χ0v) is 13.2. The topological polar surface area (TPSA) is 92.7 Å². The number of anilines is 1. The van der Waals surface area contributed by atoms with Crippen molar-refractivity contribution in [1.82, 2.24) is 0 Å². The molecular formula is C16H15NO5S. The van der Waals surface area contributed by atoms with Crippen molar-refractivity contribution in [2.24, 2.45) is 0 Å². The summed E-state index contributed by atoms with van der Waals surface area (Å²) >= 11 is 1.24. The highest BCUT2D eigenvalue weighted by atomic mass is 32.1. The summed E-state index contributed by atoms with van der Waals surface area (Å²) in [5, 5.41) is 11.6. The van der Waals surface area contributed by atoms with Gasteiger partial charge < -0.3 is 15.2 Å². The first-order valence-electron chi connectivity index (χ1n) is 6.80. The molecule has 0 atom stereocenters. The molecule has 0 spiro atoms. The van der Waals surface area contributed by atoms with Crippen molar-refractivity contribution in [3.63, 3.8) is 0 Å². The van der Waals surface area contributed by atoms with Crippen LogP contribution in [0.1, 0.15) is 23.2 Å². The highest BCUT2D eigenvalue weighted by Crippen LogP contribution is 2.35. The Balaban J connectivity index is 2.26. The molecule has 7 heteroatoms. The third-order valence-corrected chi connectivity index (χ3v) is 4.11. The molecule has 0 radical (unpaired) electrons. The van der Waals surface area contributed by atoms with Crippen LogP contribution in [0.4, 0.5) is 5.00 Å². The molecule has 2 N–H and O–H groups in total. The van der Waals surface area contributed by atoms with Gasteiger partial charge in [-0.05, 0) is 11.6 Å². The summed E-state index contributed by atoms with van der Waals surface area (Å²) in [6, 6.07) is 11.1. The molecule has 0 saturated carbocycles. The average Bonchev–Trinajstić information content (AvgIpc) is 2.97. The maximum absolute atomic E-state index is 11.9. The minimum atomic E-state index is -1.05. The molecule has 0 bridgehead atoms. The number of methoxy groups -OCH3 is 1. The fraction of sp³-hybridized carbons (Fsp3) is 0.188. The number of carbonyl (C=O) groups is 3. The quantitative estimate of drug-likeness (QED) is 0.793. The summed E-state index contributed by atoms with van der Waals surface area (Å²) in [6.07, 6.45) is -0.426. The molecule has 1 amide bonds. The molecule has 6 nitrogen and oxygen atoms in total. The van der Waals surface area contributed by atoms with Crippen LogP contribution in [0, 0.1) is 0 Å². The Hall–Kier alpha value is -2.67. The molecule has 120 valence electrons. The van der Waals surface area contributed by atoms with E-state index in [-0.39, 0.29) is 18.4 Å². The lowest BCUT2D eigenvalue weighted by Crippen LogP contribution is -2.14. The predicted molar refractivity (Wildman–Crippen MR) is 86.6 cm³/mol. The van der Waals surface area contributed by atoms with Gasteiger partial charge in [0, 0.05) is 11.3 Å². The van der Waals surface area contributed by atoms with Gasteiger partial charge >= 0.3 is 11.9 Å². The molecular weight excluding hydrogens is 318 g/mol. The fourth-order valence-corrected chi connectivity index (χ4v) is 2.97. The number of hydrogen-bond acceptors (Lipinski definition) is 5. The predicted octanol–water partition coefficient (Wildman–Crippen LogP) is 3.01. The van der Waals surface area contributed by atoms with Crippen molar-refractivity contribution in [3.05, 3.63) is 42.0 Å². The minimum Gasteiger partial charge on any atom is -0.481 e. The lowest BCUT2D eigenvalue weighted by Gasteiger charge is -2.04. The van der Waals surface area contributed by atoms with Crippen LogP contribution in [-0.2, 0) is 14.3 Å². The number of thiophene rings is 1. The number of aliphatic carboxylic acids is 1. The number of nitrogens with one attached hydrogen (secondary N) is 1. The number of carboxylic acid groups (broad SMARTS) is 1. The van der Waals surface area contributed by atoms with Gasteiger partial charge in [-0.1, -0.05) is 30.3 Å². The molecule has 2 rings (SSSR count). The molecule has 0 aliphatic heterocycles. The first-order valence-corrected chi connectivity index (χ1v) is 7.62. The van der Waals surface area contributed by atoms with Crippen LogP contribution in [0.15, 0.2) is 36.4 Å². The van der Waals surface area contributed by atoms with Crippen LogP contribution in [-0.4, -0.2) is 30.1 Å². The summed E-state index contributed by atoms with van der Waals surface area (Å²) in [4.78, 5) is 35.0. The van der Waals surface area contributed by atoms with Crippen molar-refractivity contribution in [2.45, 2.75) is 12.8 Å².